The number of carbonyl (C=O) groups excluding carboxylic acids is 1. The van der Waals surface area contributed by atoms with Crippen LogP contribution in [0.1, 0.15) is 12.8 Å². The number of hydrogen-bond donors (Lipinski definition) is 1. The van der Waals surface area contributed by atoms with Crippen molar-refractivity contribution in [3.63, 3.8) is 0 Å². The molecule has 1 N–H and O–H groups in total. The maximum absolute atomic E-state index is 12.6. The third-order valence-corrected chi connectivity index (χ3v) is 5.73. The van der Waals surface area contributed by atoms with Gasteiger partial charge in [-0.15, -0.1) is 11.3 Å². The van der Waals surface area contributed by atoms with E-state index in [4.69, 9.17) is 0 Å². The number of aromatic nitrogens is 2. The van der Waals surface area contributed by atoms with Crippen molar-refractivity contribution in [2.24, 2.45) is 5.92 Å². The molecule has 9 heteroatoms. The van der Waals surface area contributed by atoms with E-state index in [-0.39, 0.29) is 22.4 Å². The van der Waals surface area contributed by atoms with Crippen molar-refractivity contribution in [3.05, 3.63) is 64.3 Å². The maximum Gasteiger partial charge on any atom is 0.292 e. The molecule has 148 valence electrons. The molecule has 0 spiro atoms. The molecule has 0 aliphatic carbocycles. The number of para-hydroxylation sites is 2. The van der Waals surface area contributed by atoms with Gasteiger partial charge in [0.05, 0.1) is 10.6 Å². The number of benzene rings is 1. The molecule has 1 aromatic carbocycles. The first kappa shape index (κ1) is 19.0. The molecule has 2 aromatic heterocycles. The van der Waals surface area contributed by atoms with E-state index < -0.39 is 0 Å². The highest BCUT2D eigenvalue weighted by Gasteiger charge is 2.28. The van der Waals surface area contributed by atoms with Gasteiger partial charge in [-0.2, -0.15) is 0 Å². The SMILES string of the molecule is O=C(Nc1nc(-c2cccnc2)cs1)C1CCN(c2ccccc2[N+](=O)[O-])CC1. The Morgan fingerprint density at radius 2 is 2.00 bits per heavy atom. The summed E-state index contributed by atoms with van der Waals surface area (Å²) in [6.45, 7) is 1.20. The molecule has 1 aliphatic heterocycles. The quantitative estimate of drug-likeness (QED) is 0.505. The molecule has 29 heavy (non-hydrogen) atoms. The summed E-state index contributed by atoms with van der Waals surface area (Å²) in [7, 11) is 0. The Morgan fingerprint density at radius 3 is 2.72 bits per heavy atom. The number of anilines is 2. The minimum atomic E-state index is -0.365. The monoisotopic (exact) mass is 409 g/mol. The highest BCUT2D eigenvalue weighted by molar-refractivity contribution is 7.14. The van der Waals surface area contributed by atoms with Crippen molar-refractivity contribution in [2.45, 2.75) is 12.8 Å². The zero-order valence-electron chi connectivity index (χ0n) is 15.5. The van der Waals surface area contributed by atoms with Crippen LogP contribution in [0.15, 0.2) is 54.2 Å². The van der Waals surface area contributed by atoms with Crippen molar-refractivity contribution < 1.29 is 9.72 Å². The second-order valence-electron chi connectivity index (χ2n) is 6.78. The highest BCUT2D eigenvalue weighted by Crippen LogP contribution is 2.32. The molecule has 1 saturated heterocycles. The van der Waals surface area contributed by atoms with Crippen LogP contribution in [0.3, 0.4) is 0 Å². The van der Waals surface area contributed by atoms with Crippen LogP contribution < -0.4 is 10.2 Å². The first-order chi connectivity index (χ1) is 14.1. The third kappa shape index (κ3) is 4.24. The summed E-state index contributed by atoms with van der Waals surface area (Å²) in [5, 5.41) is 16.6. The Kier molecular flexibility index (Phi) is 5.48. The number of thiazole rings is 1. The van der Waals surface area contributed by atoms with Crippen molar-refractivity contribution in [1.29, 1.82) is 0 Å². The molecule has 3 aromatic rings. The lowest BCUT2D eigenvalue weighted by Crippen LogP contribution is -2.38. The van der Waals surface area contributed by atoms with E-state index in [1.165, 1.54) is 17.4 Å². The van der Waals surface area contributed by atoms with Gasteiger partial charge in [-0.3, -0.25) is 19.9 Å². The van der Waals surface area contributed by atoms with E-state index in [9.17, 15) is 14.9 Å². The average Bonchev–Trinajstić information content (AvgIpc) is 3.23. The molecule has 0 atom stereocenters. The number of rotatable bonds is 5. The van der Waals surface area contributed by atoms with E-state index in [2.05, 4.69) is 15.3 Å². The van der Waals surface area contributed by atoms with Gasteiger partial charge in [0, 0.05) is 48.4 Å². The fourth-order valence-electron chi connectivity index (χ4n) is 3.45. The zero-order valence-corrected chi connectivity index (χ0v) is 16.3. The number of piperidine rings is 1. The summed E-state index contributed by atoms with van der Waals surface area (Å²) in [6, 6.07) is 10.5. The predicted octanol–water partition coefficient (Wildman–Crippen LogP) is 3.97. The van der Waals surface area contributed by atoms with Crippen molar-refractivity contribution in [3.8, 4) is 11.3 Å². The van der Waals surface area contributed by atoms with Gasteiger partial charge in [-0.1, -0.05) is 12.1 Å². The summed E-state index contributed by atoms with van der Waals surface area (Å²) >= 11 is 1.38. The number of carbonyl (C=O) groups is 1. The summed E-state index contributed by atoms with van der Waals surface area (Å²) in [5.41, 5.74) is 2.39. The number of nitrogens with zero attached hydrogens (tertiary/aromatic N) is 4. The van der Waals surface area contributed by atoms with Crippen LogP contribution in [0.4, 0.5) is 16.5 Å². The van der Waals surface area contributed by atoms with Gasteiger partial charge in [0.15, 0.2) is 5.13 Å². The summed E-state index contributed by atoms with van der Waals surface area (Å²) in [4.78, 5) is 34.1. The Hall–Kier alpha value is -3.33. The van der Waals surface area contributed by atoms with Gasteiger partial charge >= 0.3 is 0 Å². The van der Waals surface area contributed by atoms with Gasteiger partial charge in [-0.05, 0) is 31.0 Å². The van der Waals surface area contributed by atoms with Crippen LogP contribution in [0.5, 0.6) is 0 Å². The van der Waals surface area contributed by atoms with Crippen LogP contribution in [0.25, 0.3) is 11.3 Å². The molecular weight excluding hydrogens is 390 g/mol. The number of nitro groups is 1. The summed E-state index contributed by atoms with van der Waals surface area (Å²) in [5.74, 6) is -0.195. The van der Waals surface area contributed by atoms with E-state index in [0.29, 0.717) is 36.8 Å². The molecule has 0 saturated carbocycles. The fourth-order valence-corrected chi connectivity index (χ4v) is 4.18. The van der Waals surface area contributed by atoms with Gasteiger partial charge in [0.2, 0.25) is 5.91 Å². The Morgan fingerprint density at radius 1 is 1.21 bits per heavy atom. The normalized spacial score (nSPS) is 14.6. The highest BCUT2D eigenvalue weighted by atomic mass is 32.1. The van der Waals surface area contributed by atoms with Crippen molar-refractivity contribution in [2.75, 3.05) is 23.3 Å². The molecule has 1 aliphatic rings. The number of pyridine rings is 1. The lowest BCUT2D eigenvalue weighted by Gasteiger charge is -2.32. The van der Waals surface area contributed by atoms with Gasteiger partial charge < -0.3 is 10.2 Å². The van der Waals surface area contributed by atoms with Gasteiger partial charge in [0.25, 0.3) is 5.69 Å². The second kappa shape index (κ2) is 8.36. The Balaban J connectivity index is 1.36. The first-order valence-corrected chi connectivity index (χ1v) is 10.1. The predicted molar refractivity (Wildman–Crippen MR) is 112 cm³/mol. The fraction of sp³-hybridized carbons (Fsp3) is 0.250. The van der Waals surface area contributed by atoms with Crippen molar-refractivity contribution >= 4 is 33.8 Å². The maximum atomic E-state index is 12.6. The zero-order chi connectivity index (χ0) is 20.2. The minimum Gasteiger partial charge on any atom is -0.366 e. The molecule has 0 bridgehead atoms. The molecule has 0 unspecified atom stereocenters. The van der Waals surface area contributed by atoms with Crippen LogP contribution >= 0.6 is 11.3 Å². The molecule has 8 nitrogen and oxygen atoms in total. The van der Waals surface area contributed by atoms with Crippen LogP contribution in [0.2, 0.25) is 0 Å². The topological polar surface area (TPSA) is 101 Å². The lowest BCUT2D eigenvalue weighted by molar-refractivity contribution is -0.384. The van der Waals surface area contributed by atoms with Crippen molar-refractivity contribution in [1.82, 2.24) is 9.97 Å². The standard InChI is InChI=1S/C20H19N5O3S/c26-19(23-20-22-16(13-29-20)15-4-3-9-21-12-15)14-7-10-24(11-8-14)17-5-1-2-6-18(17)25(27)28/h1-6,9,12-14H,7-8,10-11H2,(H,22,23,26). The van der Waals surface area contributed by atoms with E-state index in [1.54, 1.807) is 30.6 Å². The number of nitro benzene ring substituents is 1. The first-order valence-electron chi connectivity index (χ1n) is 9.27. The lowest BCUT2D eigenvalue weighted by atomic mass is 9.95. The smallest absolute Gasteiger partial charge is 0.292 e. The average molecular weight is 409 g/mol. The molecule has 0 radical (unpaired) electrons. The van der Waals surface area contributed by atoms with Crippen LogP contribution in [0, 0.1) is 16.0 Å². The molecular formula is C20H19N5O3S. The van der Waals surface area contributed by atoms with Gasteiger partial charge in [-0.25, -0.2) is 4.98 Å². The Labute approximate surface area is 171 Å². The molecule has 4 rings (SSSR count). The summed E-state index contributed by atoms with van der Waals surface area (Å²) in [6.07, 6.45) is 4.71. The summed E-state index contributed by atoms with van der Waals surface area (Å²) < 4.78 is 0. The van der Waals surface area contributed by atoms with Crippen LogP contribution in [-0.4, -0.2) is 33.9 Å². The van der Waals surface area contributed by atoms with Crippen LogP contribution in [-0.2, 0) is 4.79 Å². The van der Waals surface area contributed by atoms with Gasteiger partial charge in [0.1, 0.15) is 5.69 Å². The number of nitrogens with one attached hydrogen (secondary N) is 1. The number of hydrogen-bond acceptors (Lipinski definition) is 7. The molecule has 1 amide bonds. The Bertz CT molecular complexity index is 1020. The van der Waals surface area contributed by atoms with E-state index in [1.807, 2.05) is 22.4 Å². The molecule has 1 fully saturated rings. The second-order valence-corrected chi connectivity index (χ2v) is 7.63. The third-order valence-electron chi connectivity index (χ3n) is 4.98. The largest absolute Gasteiger partial charge is 0.366 e. The van der Waals surface area contributed by atoms with E-state index in [0.717, 1.165) is 11.3 Å². The minimum absolute atomic E-state index is 0.0562. The number of amides is 1. The van der Waals surface area contributed by atoms with E-state index >= 15 is 0 Å². The molecule has 3 heterocycles.